The van der Waals surface area contributed by atoms with Gasteiger partial charge in [-0.15, -0.1) is 0 Å². The molecule has 0 aliphatic heterocycles. The first-order valence-corrected chi connectivity index (χ1v) is 10.2. The van der Waals surface area contributed by atoms with Crippen LogP contribution in [-0.2, 0) is 22.4 Å². The molecule has 2 N–H and O–H groups in total. The summed E-state index contributed by atoms with van der Waals surface area (Å²) in [6, 6.07) is 12.1. The van der Waals surface area contributed by atoms with Crippen LogP contribution in [0.15, 0.2) is 36.4 Å². The fraction of sp³-hybridized carbons (Fsp3) is 0.417. The summed E-state index contributed by atoms with van der Waals surface area (Å²) in [4.78, 5) is 24.6. The molecule has 0 bridgehead atoms. The second-order valence-electron chi connectivity index (χ2n) is 7.23. The molecule has 4 nitrogen and oxygen atoms in total. The van der Waals surface area contributed by atoms with Crippen LogP contribution in [0.2, 0.25) is 0 Å². The number of benzene rings is 2. The molecular formula is C24H32N2O2. The summed E-state index contributed by atoms with van der Waals surface area (Å²) in [5, 5.41) is 6.08. The van der Waals surface area contributed by atoms with Gasteiger partial charge in [-0.3, -0.25) is 9.59 Å². The Morgan fingerprint density at radius 1 is 0.714 bits per heavy atom. The molecule has 150 valence electrons. The van der Waals surface area contributed by atoms with E-state index in [-0.39, 0.29) is 11.8 Å². The monoisotopic (exact) mass is 380 g/mol. The number of anilines is 2. The Kier molecular flexibility index (Phi) is 8.24. The lowest BCUT2D eigenvalue weighted by atomic mass is 10.0. The zero-order chi connectivity index (χ0) is 20.5. The van der Waals surface area contributed by atoms with Crippen LogP contribution >= 0.6 is 0 Å². The van der Waals surface area contributed by atoms with Crippen molar-refractivity contribution >= 4 is 23.2 Å². The highest BCUT2D eigenvalue weighted by atomic mass is 16.2. The van der Waals surface area contributed by atoms with E-state index in [4.69, 9.17) is 0 Å². The third-order valence-electron chi connectivity index (χ3n) is 5.07. The summed E-state index contributed by atoms with van der Waals surface area (Å²) >= 11 is 0. The van der Waals surface area contributed by atoms with Gasteiger partial charge in [-0.25, -0.2) is 0 Å². The van der Waals surface area contributed by atoms with E-state index in [2.05, 4.69) is 24.5 Å². The Balaban J connectivity index is 1.79. The molecule has 2 rings (SSSR count). The predicted molar refractivity (Wildman–Crippen MR) is 117 cm³/mol. The molecule has 0 atom stereocenters. The van der Waals surface area contributed by atoms with Gasteiger partial charge in [0.2, 0.25) is 11.8 Å². The largest absolute Gasteiger partial charge is 0.326 e. The fourth-order valence-electron chi connectivity index (χ4n) is 3.38. The standard InChI is InChI=1S/C24H32N2O2/c1-5-19-13-9-11-17(3)23(19)25-21(27)15-7-8-16-22(28)26-24-18(4)12-10-14-20(24)6-2/h9-14H,5-8,15-16H2,1-4H3,(H,25,27)(H,26,28). The normalized spacial score (nSPS) is 10.6. The molecular weight excluding hydrogens is 348 g/mol. The molecule has 0 fully saturated rings. The lowest BCUT2D eigenvalue weighted by Gasteiger charge is -2.13. The Morgan fingerprint density at radius 3 is 1.46 bits per heavy atom. The highest BCUT2D eigenvalue weighted by molar-refractivity contribution is 5.93. The molecule has 0 saturated heterocycles. The van der Waals surface area contributed by atoms with Gasteiger partial charge in [0.05, 0.1) is 0 Å². The molecule has 2 amide bonds. The van der Waals surface area contributed by atoms with Crippen LogP contribution in [0.5, 0.6) is 0 Å². The number of hydrogen-bond acceptors (Lipinski definition) is 2. The SMILES string of the molecule is CCc1cccc(C)c1NC(=O)CCCCC(=O)Nc1c(C)cccc1CC. The molecule has 0 aliphatic carbocycles. The highest BCUT2D eigenvalue weighted by Gasteiger charge is 2.11. The van der Waals surface area contributed by atoms with Crippen molar-refractivity contribution in [2.75, 3.05) is 10.6 Å². The van der Waals surface area contributed by atoms with Gasteiger partial charge in [0.1, 0.15) is 0 Å². The van der Waals surface area contributed by atoms with Crippen LogP contribution in [0.3, 0.4) is 0 Å². The maximum atomic E-state index is 12.3. The molecule has 0 heterocycles. The van der Waals surface area contributed by atoms with Gasteiger partial charge in [-0.05, 0) is 61.8 Å². The van der Waals surface area contributed by atoms with E-state index >= 15 is 0 Å². The Labute approximate surface area is 168 Å². The summed E-state index contributed by atoms with van der Waals surface area (Å²) in [7, 11) is 0. The number of hydrogen-bond donors (Lipinski definition) is 2. The van der Waals surface area contributed by atoms with Gasteiger partial charge in [-0.2, -0.15) is 0 Å². The molecule has 0 unspecified atom stereocenters. The molecule has 0 aliphatic rings. The van der Waals surface area contributed by atoms with Gasteiger partial charge >= 0.3 is 0 Å². The third kappa shape index (κ3) is 5.95. The van der Waals surface area contributed by atoms with Crippen LogP contribution in [0, 0.1) is 13.8 Å². The summed E-state index contributed by atoms with van der Waals surface area (Å²) in [6.07, 6.45) is 4.01. The zero-order valence-corrected chi connectivity index (χ0v) is 17.5. The minimum absolute atomic E-state index is 0.0107. The molecule has 0 saturated carbocycles. The lowest BCUT2D eigenvalue weighted by molar-refractivity contribution is -0.118. The highest BCUT2D eigenvalue weighted by Crippen LogP contribution is 2.22. The summed E-state index contributed by atoms with van der Waals surface area (Å²) < 4.78 is 0. The van der Waals surface area contributed by atoms with Crippen molar-refractivity contribution in [1.29, 1.82) is 0 Å². The minimum Gasteiger partial charge on any atom is -0.326 e. The Bertz CT molecular complexity index is 758. The van der Waals surface area contributed by atoms with Crippen molar-refractivity contribution in [3.05, 3.63) is 58.7 Å². The first-order valence-electron chi connectivity index (χ1n) is 10.2. The van der Waals surface area contributed by atoms with E-state index < -0.39 is 0 Å². The van der Waals surface area contributed by atoms with Gasteiger partial charge in [-0.1, -0.05) is 50.2 Å². The minimum atomic E-state index is 0.0107. The molecule has 2 aromatic carbocycles. The van der Waals surface area contributed by atoms with E-state index in [9.17, 15) is 9.59 Å². The first kappa shape index (κ1) is 21.7. The van der Waals surface area contributed by atoms with Crippen LogP contribution in [0.25, 0.3) is 0 Å². The average molecular weight is 381 g/mol. The molecule has 4 heteroatoms. The van der Waals surface area contributed by atoms with E-state index in [1.807, 2.05) is 50.2 Å². The number of aryl methyl sites for hydroxylation is 4. The average Bonchev–Trinajstić information content (AvgIpc) is 2.68. The maximum Gasteiger partial charge on any atom is 0.224 e. The van der Waals surface area contributed by atoms with Crippen molar-refractivity contribution < 1.29 is 9.59 Å². The van der Waals surface area contributed by atoms with E-state index in [1.54, 1.807) is 0 Å². The van der Waals surface area contributed by atoms with Gasteiger partial charge in [0, 0.05) is 24.2 Å². The molecule has 0 spiro atoms. The lowest BCUT2D eigenvalue weighted by Crippen LogP contribution is -2.15. The number of rotatable bonds is 9. The van der Waals surface area contributed by atoms with Crippen LogP contribution in [0.1, 0.15) is 61.8 Å². The van der Waals surface area contributed by atoms with E-state index in [0.717, 1.165) is 46.5 Å². The number of unbranched alkanes of at least 4 members (excludes halogenated alkanes) is 1. The summed E-state index contributed by atoms with van der Waals surface area (Å²) in [6.45, 7) is 8.19. The maximum absolute atomic E-state index is 12.3. The fourth-order valence-corrected chi connectivity index (χ4v) is 3.38. The number of nitrogens with one attached hydrogen (secondary N) is 2. The van der Waals surface area contributed by atoms with Crippen molar-refractivity contribution in [2.24, 2.45) is 0 Å². The van der Waals surface area contributed by atoms with E-state index in [0.29, 0.717) is 25.7 Å². The second kappa shape index (κ2) is 10.6. The summed E-state index contributed by atoms with van der Waals surface area (Å²) in [5.74, 6) is 0.0214. The molecule has 0 radical (unpaired) electrons. The van der Waals surface area contributed by atoms with Crippen molar-refractivity contribution in [3.8, 4) is 0 Å². The van der Waals surface area contributed by atoms with Crippen molar-refractivity contribution in [1.82, 2.24) is 0 Å². The quantitative estimate of drug-likeness (QED) is 0.559. The first-order chi connectivity index (χ1) is 13.5. The number of para-hydroxylation sites is 2. The number of amides is 2. The predicted octanol–water partition coefficient (Wildman–Crippen LogP) is 5.57. The van der Waals surface area contributed by atoms with Crippen LogP contribution in [0.4, 0.5) is 11.4 Å². The third-order valence-corrected chi connectivity index (χ3v) is 5.07. The van der Waals surface area contributed by atoms with Gasteiger partial charge < -0.3 is 10.6 Å². The number of carbonyl (C=O) groups is 2. The Hall–Kier alpha value is -2.62. The molecule has 0 aromatic heterocycles. The second-order valence-corrected chi connectivity index (χ2v) is 7.23. The van der Waals surface area contributed by atoms with E-state index in [1.165, 1.54) is 0 Å². The molecule has 2 aromatic rings. The van der Waals surface area contributed by atoms with Crippen molar-refractivity contribution in [3.63, 3.8) is 0 Å². The summed E-state index contributed by atoms with van der Waals surface area (Å²) in [5.41, 5.74) is 6.32. The smallest absolute Gasteiger partial charge is 0.224 e. The molecule has 28 heavy (non-hydrogen) atoms. The van der Waals surface area contributed by atoms with Crippen LogP contribution in [-0.4, -0.2) is 11.8 Å². The topological polar surface area (TPSA) is 58.2 Å². The Morgan fingerprint density at radius 2 is 1.11 bits per heavy atom. The van der Waals surface area contributed by atoms with Crippen LogP contribution < -0.4 is 10.6 Å². The van der Waals surface area contributed by atoms with Gasteiger partial charge in [0.25, 0.3) is 0 Å². The van der Waals surface area contributed by atoms with Gasteiger partial charge in [0.15, 0.2) is 0 Å². The number of carbonyl (C=O) groups excluding carboxylic acids is 2. The van der Waals surface area contributed by atoms with Crippen molar-refractivity contribution in [2.45, 2.75) is 66.2 Å². The zero-order valence-electron chi connectivity index (χ0n) is 17.5.